The Morgan fingerprint density at radius 3 is 2.27 bits per heavy atom. The number of carbonyl (C=O) groups excluding carboxylic acids is 1. The summed E-state index contributed by atoms with van der Waals surface area (Å²) in [6.07, 6.45) is 7.41. The third-order valence-electron chi connectivity index (χ3n) is 5.44. The van der Waals surface area contributed by atoms with Crippen LogP contribution in [0, 0.1) is 0 Å². The topological polar surface area (TPSA) is 35.6 Å². The first-order valence-electron chi connectivity index (χ1n) is 9.78. The van der Waals surface area contributed by atoms with Crippen molar-refractivity contribution in [3.05, 3.63) is 33.8 Å². The molecule has 0 aromatic heterocycles. The van der Waals surface area contributed by atoms with Gasteiger partial charge in [0.25, 0.3) is 0 Å². The first-order valence-corrected chi connectivity index (χ1v) is 10.5. The number of amides is 1. The molecule has 6 heteroatoms. The molecule has 0 radical (unpaired) electrons. The molecule has 1 saturated carbocycles. The highest BCUT2D eigenvalue weighted by Crippen LogP contribution is 2.23. The van der Waals surface area contributed by atoms with Gasteiger partial charge in [0.15, 0.2) is 0 Å². The number of rotatable bonds is 5. The van der Waals surface area contributed by atoms with Crippen molar-refractivity contribution in [2.75, 3.05) is 32.7 Å². The Hall–Kier alpha value is -0.810. The Kier molecular flexibility index (Phi) is 7.62. The Morgan fingerprint density at radius 1 is 0.962 bits per heavy atom. The molecule has 1 aliphatic carbocycles. The number of carbonyl (C=O) groups is 1. The summed E-state index contributed by atoms with van der Waals surface area (Å²) in [4.78, 5) is 17.0. The number of piperazine rings is 1. The number of nitrogens with one attached hydrogen (secondary N) is 1. The molecular formula is C20H29Cl2N3O. The minimum absolute atomic E-state index is 0.190. The molecule has 26 heavy (non-hydrogen) atoms. The summed E-state index contributed by atoms with van der Waals surface area (Å²) in [5, 5.41) is 4.45. The summed E-state index contributed by atoms with van der Waals surface area (Å²) in [7, 11) is 0. The van der Waals surface area contributed by atoms with E-state index in [1.807, 2.05) is 18.2 Å². The number of benzene rings is 1. The van der Waals surface area contributed by atoms with Gasteiger partial charge in [-0.1, -0.05) is 55.0 Å². The van der Waals surface area contributed by atoms with E-state index in [0.717, 1.165) is 45.6 Å². The van der Waals surface area contributed by atoms with Crippen LogP contribution in [0.4, 0.5) is 0 Å². The molecule has 1 amide bonds. The lowest BCUT2D eigenvalue weighted by Gasteiger charge is -2.34. The Morgan fingerprint density at radius 2 is 1.62 bits per heavy atom. The highest BCUT2D eigenvalue weighted by molar-refractivity contribution is 6.42. The molecule has 1 aromatic rings. The van der Waals surface area contributed by atoms with Gasteiger partial charge >= 0.3 is 0 Å². The van der Waals surface area contributed by atoms with Crippen molar-refractivity contribution in [1.82, 2.24) is 15.1 Å². The smallest absolute Gasteiger partial charge is 0.234 e. The molecule has 1 saturated heterocycles. The summed E-state index contributed by atoms with van der Waals surface area (Å²) in [5.41, 5.74) is 1.18. The fourth-order valence-corrected chi connectivity index (χ4v) is 4.22. The third kappa shape index (κ3) is 6.12. The molecule has 0 atom stereocenters. The highest BCUT2D eigenvalue weighted by atomic mass is 35.5. The summed E-state index contributed by atoms with van der Waals surface area (Å²) >= 11 is 12.1. The van der Waals surface area contributed by atoms with Crippen LogP contribution in [0.25, 0.3) is 0 Å². The first kappa shape index (κ1) is 19.9. The van der Waals surface area contributed by atoms with E-state index in [0.29, 0.717) is 22.6 Å². The Labute approximate surface area is 166 Å². The SMILES string of the molecule is O=C(CN1CCN(Cc2ccc(Cl)c(Cl)c2)CC1)NC1CCCCCC1. The van der Waals surface area contributed by atoms with Gasteiger partial charge < -0.3 is 5.32 Å². The molecule has 1 aliphatic heterocycles. The maximum Gasteiger partial charge on any atom is 0.234 e. The monoisotopic (exact) mass is 397 g/mol. The standard InChI is InChI=1S/C20H29Cl2N3O/c21-18-8-7-16(13-19(18)22)14-24-9-11-25(12-10-24)15-20(26)23-17-5-3-1-2-4-6-17/h7-8,13,17H,1-6,9-12,14-15H2,(H,23,26). The molecule has 1 aromatic carbocycles. The van der Waals surface area contributed by atoms with Crippen molar-refractivity contribution in [2.24, 2.45) is 0 Å². The van der Waals surface area contributed by atoms with Gasteiger partial charge in [0.05, 0.1) is 16.6 Å². The summed E-state index contributed by atoms with van der Waals surface area (Å²) in [6, 6.07) is 6.21. The van der Waals surface area contributed by atoms with E-state index < -0.39 is 0 Å². The van der Waals surface area contributed by atoms with Gasteiger partial charge in [-0.25, -0.2) is 0 Å². The van der Waals surface area contributed by atoms with Crippen molar-refractivity contribution in [3.63, 3.8) is 0 Å². The highest BCUT2D eigenvalue weighted by Gasteiger charge is 2.21. The molecule has 0 unspecified atom stereocenters. The van der Waals surface area contributed by atoms with E-state index in [1.165, 1.54) is 31.2 Å². The first-order chi connectivity index (χ1) is 12.6. The minimum atomic E-state index is 0.190. The zero-order valence-corrected chi connectivity index (χ0v) is 16.9. The molecule has 0 spiro atoms. The van der Waals surface area contributed by atoms with Crippen LogP contribution in [0.5, 0.6) is 0 Å². The number of nitrogens with zero attached hydrogens (tertiary/aromatic N) is 2. The van der Waals surface area contributed by atoms with E-state index in [1.54, 1.807) is 0 Å². The van der Waals surface area contributed by atoms with Crippen LogP contribution in [-0.4, -0.2) is 54.5 Å². The second-order valence-corrected chi connectivity index (χ2v) is 8.37. The molecule has 1 heterocycles. The molecule has 144 valence electrons. The molecule has 2 aliphatic rings. The lowest BCUT2D eigenvalue weighted by molar-refractivity contribution is -0.123. The Bertz CT molecular complexity index is 595. The van der Waals surface area contributed by atoms with Gasteiger partial charge in [0, 0.05) is 38.8 Å². The Balaban J connectivity index is 1.39. The van der Waals surface area contributed by atoms with E-state index in [-0.39, 0.29) is 5.91 Å². The zero-order chi connectivity index (χ0) is 18.4. The molecule has 1 N–H and O–H groups in total. The van der Waals surface area contributed by atoms with Crippen molar-refractivity contribution >= 4 is 29.1 Å². The average Bonchev–Trinajstić information content (AvgIpc) is 2.88. The van der Waals surface area contributed by atoms with Crippen molar-refractivity contribution < 1.29 is 4.79 Å². The summed E-state index contributed by atoms with van der Waals surface area (Å²) < 4.78 is 0. The van der Waals surface area contributed by atoms with Crippen molar-refractivity contribution in [3.8, 4) is 0 Å². The van der Waals surface area contributed by atoms with E-state index in [9.17, 15) is 4.79 Å². The fourth-order valence-electron chi connectivity index (χ4n) is 3.90. The van der Waals surface area contributed by atoms with Crippen molar-refractivity contribution in [2.45, 2.75) is 51.1 Å². The van der Waals surface area contributed by atoms with Gasteiger partial charge in [-0.3, -0.25) is 14.6 Å². The number of hydrogen-bond acceptors (Lipinski definition) is 3. The van der Waals surface area contributed by atoms with Crippen LogP contribution in [0.15, 0.2) is 18.2 Å². The van der Waals surface area contributed by atoms with Gasteiger partial charge in [0.1, 0.15) is 0 Å². The fraction of sp³-hybridized carbons (Fsp3) is 0.650. The van der Waals surface area contributed by atoms with Gasteiger partial charge in [-0.05, 0) is 30.5 Å². The van der Waals surface area contributed by atoms with Crippen LogP contribution in [0.2, 0.25) is 10.0 Å². The van der Waals surface area contributed by atoms with Gasteiger partial charge in [0.2, 0.25) is 5.91 Å². The van der Waals surface area contributed by atoms with Crippen LogP contribution in [-0.2, 0) is 11.3 Å². The van der Waals surface area contributed by atoms with Crippen molar-refractivity contribution in [1.29, 1.82) is 0 Å². The third-order valence-corrected chi connectivity index (χ3v) is 6.18. The number of halogens is 2. The quantitative estimate of drug-likeness (QED) is 0.763. The summed E-state index contributed by atoms with van der Waals surface area (Å²) in [6.45, 7) is 5.20. The van der Waals surface area contributed by atoms with Crippen LogP contribution in [0.1, 0.15) is 44.1 Å². The molecule has 2 fully saturated rings. The number of hydrogen-bond donors (Lipinski definition) is 1. The second-order valence-electron chi connectivity index (χ2n) is 7.56. The largest absolute Gasteiger partial charge is 0.352 e. The van der Waals surface area contributed by atoms with E-state index >= 15 is 0 Å². The second kappa shape index (κ2) is 9.93. The van der Waals surface area contributed by atoms with Gasteiger partial charge in [-0.2, -0.15) is 0 Å². The summed E-state index contributed by atoms with van der Waals surface area (Å²) in [5.74, 6) is 0.190. The van der Waals surface area contributed by atoms with Crippen LogP contribution in [0.3, 0.4) is 0 Å². The maximum absolute atomic E-state index is 12.3. The normalized spacial score (nSPS) is 20.7. The van der Waals surface area contributed by atoms with Gasteiger partial charge in [-0.15, -0.1) is 0 Å². The van der Waals surface area contributed by atoms with Crippen LogP contribution >= 0.6 is 23.2 Å². The predicted molar refractivity (Wildman–Crippen MR) is 108 cm³/mol. The van der Waals surface area contributed by atoms with E-state index in [4.69, 9.17) is 23.2 Å². The minimum Gasteiger partial charge on any atom is -0.352 e. The molecule has 3 rings (SSSR count). The van der Waals surface area contributed by atoms with E-state index in [2.05, 4.69) is 15.1 Å². The molecule has 0 bridgehead atoms. The molecular weight excluding hydrogens is 369 g/mol. The zero-order valence-electron chi connectivity index (χ0n) is 15.4. The lowest BCUT2D eigenvalue weighted by atomic mass is 10.1. The van der Waals surface area contributed by atoms with Crippen LogP contribution < -0.4 is 5.32 Å². The lowest BCUT2D eigenvalue weighted by Crippen LogP contribution is -2.50. The molecule has 4 nitrogen and oxygen atoms in total. The average molecular weight is 398 g/mol. The predicted octanol–water partition coefficient (Wildman–Crippen LogP) is 3.95. The maximum atomic E-state index is 12.3.